The predicted molar refractivity (Wildman–Crippen MR) is 119 cm³/mol. The highest BCUT2D eigenvalue weighted by atomic mass is 35.5. The topological polar surface area (TPSA) is 72.2 Å². The first-order valence-electron chi connectivity index (χ1n) is 8.89. The highest BCUT2D eigenvalue weighted by molar-refractivity contribution is 7.99. The quantitative estimate of drug-likeness (QED) is 0.317. The van der Waals surface area contributed by atoms with Crippen molar-refractivity contribution < 1.29 is 4.79 Å². The Balaban J connectivity index is 1.64. The normalized spacial score (nSPS) is 11.5. The van der Waals surface area contributed by atoms with Crippen molar-refractivity contribution in [3.8, 4) is 11.4 Å². The van der Waals surface area contributed by atoms with Gasteiger partial charge in [-0.2, -0.15) is 5.10 Å². The van der Waals surface area contributed by atoms with Crippen molar-refractivity contribution in [1.29, 1.82) is 0 Å². The number of halogens is 2. The molecule has 2 aromatic carbocycles. The minimum absolute atomic E-state index is 0.165. The Morgan fingerprint density at radius 1 is 1.14 bits per heavy atom. The van der Waals surface area contributed by atoms with Gasteiger partial charge < -0.3 is 4.57 Å². The maximum Gasteiger partial charge on any atom is 0.250 e. The Morgan fingerprint density at radius 2 is 1.86 bits per heavy atom. The van der Waals surface area contributed by atoms with Gasteiger partial charge in [0.1, 0.15) is 0 Å². The van der Waals surface area contributed by atoms with Crippen LogP contribution in [0.4, 0.5) is 0 Å². The van der Waals surface area contributed by atoms with Gasteiger partial charge in [-0.15, -0.1) is 10.2 Å². The number of nitrogens with one attached hydrogen (secondary N) is 1. The number of thioether (sulfide) groups is 1. The fraction of sp³-hybridized carbons (Fsp3) is 0.200. The largest absolute Gasteiger partial charge is 0.302 e. The maximum atomic E-state index is 12.2. The van der Waals surface area contributed by atoms with Crippen LogP contribution in [0.3, 0.4) is 0 Å². The molecule has 0 radical (unpaired) electrons. The van der Waals surface area contributed by atoms with Crippen molar-refractivity contribution in [3.63, 3.8) is 0 Å². The summed E-state index contributed by atoms with van der Waals surface area (Å²) in [6, 6.07) is 14.8. The predicted octanol–water partition coefficient (Wildman–Crippen LogP) is 4.90. The van der Waals surface area contributed by atoms with Crippen LogP contribution in [0.1, 0.15) is 19.4 Å². The summed E-state index contributed by atoms with van der Waals surface area (Å²) in [5.74, 6) is 0.665. The lowest BCUT2D eigenvalue weighted by molar-refractivity contribution is -0.118. The molecular formula is C20H19Cl2N5OS. The first-order valence-corrected chi connectivity index (χ1v) is 10.6. The first kappa shape index (κ1) is 21.4. The Labute approximate surface area is 183 Å². The van der Waals surface area contributed by atoms with Gasteiger partial charge in [-0.1, -0.05) is 53.2 Å². The monoisotopic (exact) mass is 447 g/mol. The van der Waals surface area contributed by atoms with E-state index >= 15 is 0 Å². The summed E-state index contributed by atoms with van der Waals surface area (Å²) in [6.45, 7) is 4.48. The molecule has 1 amide bonds. The molecule has 0 saturated carbocycles. The second-order valence-electron chi connectivity index (χ2n) is 6.06. The summed E-state index contributed by atoms with van der Waals surface area (Å²) in [5.41, 5.74) is 4.89. The van der Waals surface area contributed by atoms with E-state index in [1.807, 2.05) is 54.0 Å². The second kappa shape index (κ2) is 9.91. The standard InChI is InChI=1S/C20H19Cl2N5OS/c1-3-27-19(14-8-10-15(21)11-9-14)25-26-20(27)29-12-18(28)24-23-13(2)16-6-4-5-7-17(16)22/h4-11H,3,12H2,1-2H3,(H,24,28)/b23-13-. The van der Waals surface area contributed by atoms with Crippen LogP contribution in [0, 0.1) is 0 Å². The van der Waals surface area contributed by atoms with Crippen molar-refractivity contribution >= 4 is 46.6 Å². The van der Waals surface area contributed by atoms with Crippen LogP contribution in [-0.2, 0) is 11.3 Å². The molecule has 0 spiro atoms. The zero-order valence-corrected chi connectivity index (χ0v) is 18.2. The molecule has 0 aliphatic carbocycles. The number of carbonyl (C=O) groups excluding carboxylic acids is 1. The summed E-state index contributed by atoms with van der Waals surface area (Å²) in [7, 11) is 0. The fourth-order valence-electron chi connectivity index (χ4n) is 2.62. The fourth-order valence-corrected chi connectivity index (χ4v) is 3.81. The van der Waals surface area contributed by atoms with Crippen molar-refractivity contribution in [2.75, 3.05) is 5.75 Å². The van der Waals surface area contributed by atoms with Crippen molar-refractivity contribution in [2.45, 2.75) is 25.5 Å². The Kier molecular flexibility index (Phi) is 7.30. The summed E-state index contributed by atoms with van der Waals surface area (Å²) in [5, 5.41) is 14.5. The minimum atomic E-state index is -0.236. The highest BCUT2D eigenvalue weighted by Crippen LogP contribution is 2.25. The zero-order chi connectivity index (χ0) is 20.8. The molecule has 0 bridgehead atoms. The molecule has 9 heteroatoms. The zero-order valence-electron chi connectivity index (χ0n) is 15.9. The third kappa shape index (κ3) is 5.38. The van der Waals surface area contributed by atoms with E-state index in [0.29, 0.717) is 27.5 Å². The molecule has 1 heterocycles. The van der Waals surface area contributed by atoms with E-state index in [1.165, 1.54) is 11.8 Å². The molecule has 0 atom stereocenters. The molecule has 29 heavy (non-hydrogen) atoms. The van der Waals surface area contributed by atoms with Gasteiger partial charge >= 0.3 is 0 Å². The van der Waals surface area contributed by atoms with Gasteiger partial charge in [-0.3, -0.25) is 4.79 Å². The van der Waals surface area contributed by atoms with Gasteiger partial charge in [-0.25, -0.2) is 5.43 Å². The maximum absolute atomic E-state index is 12.2. The molecule has 1 N–H and O–H groups in total. The van der Waals surface area contributed by atoms with E-state index in [-0.39, 0.29) is 11.7 Å². The molecule has 150 valence electrons. The third-order valence-electron chi connectivity index (χ3n) is 4.08. The number of carbonyl (C=O) groups is 1. The lowest BCUT2D eigenvalue weighted by Gasteiger charge is -2.07. The van der Waals surface area contributed by atoms with E-state index in [0.717, 1.165) is 17.0 Å². The second-order valence-corrected chi connectivity index (χ2v) is 7.84. The van der Waals surface area contributed by atoms with Gasteiger partial charge in [0.25, 0.3) is 5.91 Å². The Morgan fingerprint density at radius 3 is 2.55 bits per heavy atom. The van der Waals surface area contributed by atoms with Crippen LogP contribution in [0.15, 0.2) is 58.8 Å². The molecule has 0 fully saturated rings. The van der Waals surface area contributed by atoms with Gasteiger partial charge in [0, 0.05) is 27.7 Å². The highest BCUT2D eigenvalue weighted by Gasteiger charge is 2.14. The minimum Gasteiger partial charge on any atom is -0.302 e. The lowest BCUT2D eigenvalue weighted by Crippen LogP contribution is -2.21. The van der Waals surface area contributed by atoms with Crippen LogP contribution < -0.4 is 5.43 Å². The number of rotatable bonds is 7. The average molecular weight is 448 g/mol. The van der Waals surface area contributed by atoms with Crippen molar-refractivity contribution in [1.82, 2.24) is 20.2 Å². The van der Waals surface area contributed by atoms with Crippen LogP contribution in [-0.4, -0.2) is 32.1 Å². The number of hydrogen-bond acceptors (Lipinski definition) is 5. The average Bonchev–Trinajstić information content (AvgIpc) is 3.14. The lowest BCUT2D eigenvalue weighted by atomic mass is 10.1. The smallest absolute Gasteiger partial charge is 0.250 e. The van der Waals surface area contributed by atoms with Crippen LogP contribution >= 0.6 is 35.0 Å². The molecule has 3 aromatic rings. The number of hydrazone groups is 1. The van der Waals surface area contributed by atoms with Crippen LogP contribution in [0.5, 0.6) is 0 Å². The van der Waals surface area contributed by atoms with E-state index in [4.69, 9.17) is 23.2 Å². The number of amides is 1. The molecule has 1 aromatic heterocycles. The van der Waals surface area contributed by atoms with Gasteiger partial charge in [-0.05, 0) is 44.2 Å². The summed E-state index contributed by atoms with van der Waals surface area (Å²) in [4.78, 5) is 12.2. The number of nitrogens with zero attached hydrogens (tertiary/aromatic N) is 4. The van der Waals surface area contributed by atoms with Crippen molar-refractivity contribution in [2.24, 2.45) is 5.10 Å². The molecule has 0 aliphatic heterocycles. The number of hydrogen-bond donors (Lipinski definition) is 1. The van der Waals surface area contributed by atoms with E-state index < -0.39 is 0 Å². The molecule has 0 unspecified atom stereocenters. The van der Waals surface area contributed by atoms with Gasteiger partial charge in [0.05, 0.1) is 11.5 Å². The summed E-state index contributed by atoms with van der Waals surface area (Å²) in [6.07, 6.45) is 0. The SMILES string of the molecule is CCn1c(SCC(=O)N/N=C(/C)c2ccccc2Cl)nnc1-c1ccc(Cl)cc1. The van der Waals surface area contributed by atoms with E-state index in [2.05, 4.69) is 20.7 Å². The van der Waals surface area contributed by atoms with Gasteiger partial charge in [0.15, 0.2) is 11.0 Å². The van der Waals surface area contributed by atoms with Gasteiger partial charge in [0.2, 0.25) is 0 Å². The molecular weight excluding hydrogens is 429 g/mol. The van der Waals surface area contributed by atoms with E-state index in [9.17, 15) is 4.79 Å². The number of benzene rings is 2. The Hall–Kier alpha value is -2.35. The van der Waals surface area contributed by atoms with Crippen molar-refractivity contribution in [3.05, 3.63) is 64.1 Å². The van der Waals surface area contributed by atoms with Crippen LogP contribution in [0.2, 0.25) is 10.0 Å². The molecule has 6 nitrogen and oxygen atoms in total. The van der Waals surface area contributed by atoms with Crippen LogP contribution in [0.25, 0.3) is 11.4 Å². The first-order chi connectivity index (χ1) is 14.0. The molecule has 0 aliphatic rings. The Bertz CT molecular complexity index is 1030. The summed E-state index contributed by atoms with van der Waals surface area (Å²) >= 11 is 13.4. The number of aromatic nitrogens is 3. The summed E-state index contributed by atoms with van der Waals surface area (Å²) < 4.78 is 1.96. The molecule has 0 saturated heterocycles. The van der Waals surface area contributed by atoms with E-state index in [1.54, 1.807) is 13.0 Å². The third-order valence-corrected chi connectivity index (χ3v) is 5.63. The molecule has 3 rings (SSSR count).